The normalized spacial score (nSPS) is 21.2. The van der Waals surface area contributed by atoms with Crippen LogP contribution in [0.15, 0.2) is 0 Å². The van der Waals surface area contributed by atoms with Crippen LogP contribution in [0.2, 0.25) is 6.04 Å². The molecule has 1 aliphatic rings. The molecule has 1 unspecified atom stereocenters. The minimum atomic E-state index is -4.87. The molecule has 1 rings (SSSR count). The van der Waals surface area contributed by atoms with E-state index in [1.165, 1.54) is 0 Å². The molecule has 0 saturated carbocycles. The smallest absolute Gasteiger partial charge is 0.390 e. The van der Waals surface area contributed by atoms with E-state index in [1.54, 1.807) is 0 Å². The van der Waals surface area contributed by atoms with E-state index in [2.05, 4.69) is 4.12 Å². The topological polar surface area (TPSA) is 132 Å². The first-order valence-corrected chi connectivity index (χ1v) is 8.56. The van der Waals surface area contributed by atoms with Crippen molar-refractivity contribution in [1.82, 2.24) is 0 Å². The Labute approximate surface area is 94.5 Å². The van der Waals surface area contributed by atoms with Gasteiger partial charge in [0.05, 0.1) is 13.2 Å². The zero-order valence-corrected chi connectivity index (χ0v) is 10.6. The van der Waals surface area contributed by atoms with Crippen molar-refractivity contribution in [3.05, 3.63) is 0 Å². The molecular formula is C6H16O8Si2. The van der Waals surface area contributed by atoms with Crippen molar-refractivity contribution in [3.8, 4) is 0 Å². The Morgan fingerprint density at radius 2 is 1.81 bits per heavy atom. The van der Waals surface area contributed by atoms with Crippen molar-refractivity contribution >= 4 is 17.9 Å². The Bertz CT molecular complexity index is 213. The summed E-state index contributed by atoms with van der Waals surface area (Å²) in [5, 5.41) is 0. The molecule has 0 radical (unpaired) electrons. The standard InChI is InChI=1S/C6H16O8Si2/c7-15(8,14-16(9,10)11)3-1-2-12-4-6-5-13-6/h6-11H,1-5H2. The van der Waals surface area contributed by atoms with Crippen LogP contribution in [0.1, 0.15) is 6.42 Å². The van der Waals surface area contributed by atoms with Crippen LogP contribution in [0, 0.1) is 0 Å². The minimum absolute atomic E-state index is 0.147. The van der Waals surface area contributed by atoms with Gasteiger partial charge in [0.15, 0.2) is 0 Å². The third kappa shape index (κ3) is 7.40. The zero-order chi connectivity index (χ0) is 12.2. The number of hydrogen-bond donors (Lipinski definition) is 5. The third-order valence-corrected chi connectivity index (χ3v) is 5.21. The average molecular weight is 272 g/mol. The highest BCUT2D eigenvalue weighted by Crippen LogP contribution is 2.12. The van der Waals surface area contributed by atoms with Crippen LogP contribution in [0.5, 0.6) is 0 Å². The fraction of sp³-hybridized carbons (Fsp3) is 1.00. The Morgan fingerprint density at radius 3 is 2.31 bits per heavy atom. The van der Waals surface area contributed by atoms with Gasteiger partial charge in [-0.15, -0.1) is 0 Å². The van der Waals surface area contributed by atoms with Crippen molar-refractivity contribution in [2.24, 2.45) is 0 Å². The second-order valence-corrected chi connectivity index (χ2v) is 7.50. The van der Waals surface area contributed by atoms with E-state index in [0.29, 0.717) is 13.2 Å². The molecule has 5 N–H and O–H groups in total. The molecule has 1 heterocycles. The fourth-order valence-corrected chi connectivity index (χ4v) is 3.82. The maximum absolute atomic E-state index is 9.22. The van der Waals surface area contributed by atoms with Crippen LogP contribution in [-0.2, 0) is 13.6 Å². The van der Waals surface area contributed by atoms with Crippen LogP contribution < -0.4 is 0 Å². The summed E-state index contributed by atoms with van der Waals surface area (Å²) in [6, 6.07) is -0.172. The van der Waals surface area contributed by atoms with Crippen molar-refractivity contribution < 1.29 is 37.6 Å². The molecule has 0 aromatic heterocycles. The predicted molar refractivity (Wildman–Crippen MR) is 53.7 cm³/mol. The molecule has 1 fully saturated rings. The maximum Gasteiger partial charge on any atom is 0.663 e. The largest absolute Gasteiger partial charge is 0.663 e. The zero-order valence-electron chi connectivity index (χ0n) is 8.57. The van der Waals surface area contributed by atoms with Gasteiger partial charge in [0.25, 0.3) is 0 Å². The number of ether oxygens (including phenoxy) is 2. The number of hydrogen-bond acceptors (Lipinski definition) is 8. The molecule has 0 aromatic rings. The first-order chi connectivity index (χ1) is 7.29. The van der Waals surface area contributed by atoms with E-state index < -0.39 is 17.9 Å². The summed E-state index contributed by atoms with van der Waals surface area (Å²) in [6.07, 6.45) is 0.435. The van der Waals surface area contributed by atoms with E-state index >= 15 is 0 Å². The molecular weight excluding hydrogens is 256 g/mol. The highest BCUT2D eigenvalue weighted by Gasteiger charge is 2.45. The van der Waals surface area contributed by atoms with Gasteiger partial charge in [-0.1, -0.05) is 0 Å². The molecule has 0 aromatic carbocycles. The molecule has 0 spiro atoms. The Balaban J connectivity index is 2.04. The average Bonchev–Trinajstić information content (AvgIpc) is 2.82. The Morgan fingerprint density at radius 1 is 1.19 bits per heavy atom. The fourth-order valence-electron chi connectivity index (χ4n) is 1.05. The molecule has 16 heavy (non-hydrogen) atoms. The van der Waals surface area contributed by atoms with Gasteiger partial charge in [-0.05, 0) is 6.42 Å². The van der Waals surface area contributed by atoms with Crippen LogP contribution in [0.3, 0.4) is 0 Å². The van der Waals surface area contributed by atoms with Gasteiger partial charge in [0, 0.05) is 12.7 Å². The third-order valence-electron chi connectivity index (χ3n) is 1.80. The van der Waals surface area contributed by atoms with Gasteiger partial charge in [-0.3, -0.25) is 0 Å². The van der Waals surface area contributed by atoms with E-state index in [1.807, 2.05) is 0 Å². The molecule has 1 saturated heterocycles. The number of epoxide rings is 1. The lowest BCUT2D eigenvalue weighted by Crippen LogP contribution is -2.53. The van der Waals surface area contributed by atoms with E-state index in [0.717, 1.165) is 0 Å². The van der Waals surface area contributed by atoms with E-state index in [9.17, 15) is 9.59 Å². The van der Waals surface area contributed by atoms with Gasteiger partial charge in [0.2, 0.25) is 0 Å². The lowest BCUT2D eigenvalue weighted by molar-refractivity contribution is 0.0786. The summed E-state index contributed by atoms with van der Waals surface area (Å²) in [5.74, 6) is 0. The first-order valence-electron chi connectivity index (χ1n) is 4.80. The molecule has 96 valence electrons. The Hall–Kier alpha value is 0.114. The van der Waals surface area contributed by atoms with Gasteiger partial charge >= 0.3 is 17.9 Å². The summed E-state index contributed by atoms with van der Waals surface area (Å²) >= 11 is 0. The van der Waals surface area contributed by atoms with Crippen molar-refractivity contribution in [3.63, 3.8) is 0 Å². The Kier molecular flexibility index (Phi) is 4.99. The predicted octanol–water partition coefficient (Wildman–Crippen LogP) is -2.86. The highest BCUT2D eigenvalue weighted by atomic mass is 28.5. The summed E-state index contributed by atoms with van der Waals surface area (Å²) in [7, 11) is -9.07. The molecule has 1 atom stereocenters. The lowest BCUT2D eigenvalue weighted by Gasteiger charge is -2.20. The van der Waals surface area contributed by atoms with Crippen LogP contribution in [0.25, 0.3) is 0 Å². The second kappa shape index (κ2) is 5.64. The van der Waals surface area contributed by atoms with E-state index in [-0.39, 0.29) is 25.2 Å². The maximum atomic E-state index is 9.22. The van der Waals surface area contributed by atoms with Gasteiger partial charge in [-0.25, -0.2) is 0 Å². The lowest BCUT2D eigenvalue weighted by atomic mass is 10.5. The van der Waals surface area contributed by atoms with Gasteiger partial charge < -0.3 is 37.6 Å². The summed E-state index contributed by atoms with van der Waals surface area (Å²) < 4.78 is 14.1. The molecule has 0 amide bonds. The molecule has 1 aliphatic heterocycles. The molecule has 0 bridgehead atoms. The van der Waals surface area contributed by atoms with Gasteiger partial charge in [-0.2, -0.15) is 0 Å². The van der Waals surface area contributed by atoms with Crippen molar-refractivity contribution in [2.75, 3.05) is 19.8 Å². The molecule has 0 aliphatic carbocycles. The first kappa shape index (κ1) is 14.2. The van der Waals surface area contributed by atoms with Gasteiger partial charge in [0.1, 0.15) is 6.10 Å². The van der Waals surface area contributed by atoms with Crippen molar-refractivity contribution in [1.29, 1.82) is 0 Å². The second-order valence-electron chi connectivity index (χ2n) is 3.55. The van der Waals surface area contributed by atoms with Crippen molar-refractivity contribution in [2.45, 2.75) is 18.6 Å². The molecule has 8 nitrogen and oxygen atoms in total. The summed E-state index contributed by atoms with van der Waals surface area (Å²) in [5.41, 5.74) is 0. The summed E-state index contributed by atoms with van der Waals surface area (Å²) in [6.45, 7) is 1.44. The monoisotopic (exact) mass is 272 g/mol. The highest BCUT2D eigenvalue weighted by molar-refractivity contribution is 6.68. The summed E-state index contributed by atoms with van der Waals surface area (Å²) in [4.78, 5) is 44.0. The quantitative estimate of drug-likeness (QED) is 0.181. The van der Waals surface area contributed by atoms with Crippen LogP contribution >= 0.6 is 0 Å². The minimum Gasteiger partial charge on any atom is -0.390 e. The van der Waals surface area contributed by atoms with Crippen LogP contribution in [-0.4, -0.2) is 67.8 Å². The van der Waals surface area contributed by atoms with E-state index in [4.69, 9.17) is 23.9 Å². The van der Waals surface area contributed by atoms with Crippen LogP contribution in [0.4, 0.5) is 0 Å². The SMILES string of the molecule is O[Si](O)(O)O[Si](O)(O)CCCOCC1CO1. The number of rotatable bonds is 8. The molecule has 10 heteroatoms.